The summed E-state index contributed by atoms with van der Waals surface area (Å²) in [5.41, 5.74) is 8.42. The van der Waals surface area contributed by atoms with E-state index in [4.69, 9.17) is 5.73 Å². The number of amides is 1. The number of nitrogens with zero attached hydrogens (tertiary/aromatic N) is 1. The van der Waals surface area contributed by atoms with Gasteiger partial charge in [-0.15, -0.1) is 0 Å². The molecule has 0 aliphatic carbocycles. The summed E-state index contributed by atoms with van der Waals surface area (Å²) in [7, 11) is 0. The molecule has 1 amide bonds. The summed E-state index contributed by atoms with van der Waals surface area (Å²) < 4.78 is 0. The number of hydrogen-bond donors (Lipinski definition) is 2. The predicted molar refractivity (Wildman–Crippen MR) is 78.4 cm³/mol. The van der Waals surface area contributed by atoms with Crippen molar-refractivity contribution in [3.63, 3.8) is 0 Å². The summed E-state index contributed by atoms with van der Waals surface area (Å²) >= 11 is 1.97. The molecule has 0 atom stereocenters. The van der Waals surface area contributed by atoms with Gasteiger partial charge in [0.25, 0.3) is 5.91 Å². The number of carbonyl (C=O) groups is 1. The average molecular weight is 265 g/mol. The van der Waals surface area contributed by atoms with E-state index in [2.05, 4.69) is 10.2 Å². The molecule has 0 radical (unpaired) electrons. The third-order valence-electron chi connectivity index (χ3n) is 2.98. The summed E-state index contributed by atoms with van der Waals surface area (Å²) in [6.07, 6.45) is 0. The lowest BCUT2D eigenvalue weighted by Gasteiger charge is -2.29. The summed E-state index contributed by atoms with van der Waals surface area (Å²) in [6.45, 7) is 4.58. The Morgan fingerprint density at radius 3 is 2.78 bits per heavy atom. The minimum Gasteiger partial charge on any atom is -0.397 e. The number of nitrogens with one attached hydrogen (secondary N) is 1. The fourth-order valence-corrected chi connectivity index (χ4v) is 2.95. The smallest absolute Gasteiger partial charge is 0.251 e. The maximum atomic E-state index is 11.7. The van der Waals surface area contributed by atoms with Crippen LogP contribution in [0, 0.1) is 0 Å². The highest BCUT2D eigenvalue weighted by Crippen LogP contribution is 2.26. The standard InChI is InChI=1S/C13H19N3OS/c1-2-15-13(17)10-3-4-12(11(14)9-10)16-5-7-18-8-6-16/h3-4,9H,2,5-8,14H2,1H3,(H,15,17). The number of anilines is 2. The average Bonchev–Trinajstić information content (AvgIpc) is 2.40. The second-order valence-corrected chi connectivity index (χ2v) is 5.46. The minimum absolute atomic E-state index is 0.0649. The van der Waals surface area contributed by atoms with Crippen molar-refractivity contribution in [3.05, 3.63) is 23.8 Å². The molecule has 1 saturated heterocycles. The van der Waals surface area contributed by atoms with Gasteiger partial charge >= 0.3 is 0 Å². The van der Waals surface area contributed by atoms with Gasteiger partial charge in [0.1, 0.15) is 0 Å². The van der Waals surface area contributed by atoms with Gasteiger partial charge in [0, 0.05) is 36.7 Å². The molecule has 0 spiro atoms. The van der Waals surface area contributed by atoms with Crippen molar-refractivity contribution in [1.82, 2.24) is 5.32 Å². The van der Waals surface area contributed by atoms with Gasteiger partial charge in [0.2, 0.25) is 0 Å². The maximum absolute atomic E-state index is 11.7. The van der Waals surface area contributed by atoms with E-state index in [1.54, 1.807) is 6.07 Å². The lowest BCUT2D eigenvalue weighted by Crippen LogP contribution is -2.33. The molecule has 0 unspecified atom stereocenters. The second-order valence-electron chi connectivity index (χ2n) is 4.23. The van der Waals surface area contributed by atoms with E-state index in [9.17, 15) is 4.79 Å². The molecule has 1 aromatic carbocycles. The Morgan fingerprint density at radius 2 is 2.17 bits per heavy atom. The van der Waals surface area contributed by atoms with E-state index in [1.807, 2.05) is 30.8 Å². The van der Waals surface area contributed by atoms with Crippen LogP contribution in [0.2, 0.25) is 0 Å². The molecular formula is C13H19N3OS. The third-order valence-corrected chi connectivity index (χ3v) is 3.92. The van der Waals surface area contributed by atoms with Gasteiger partial charge in [-0.1, -0.05) is 0 Å². The highest BCUT2D eigenvalue weighted by molar-refractivity contribution is 7.99. The number of hydrogen-bond acceptors (Lipinski definition) is 4. The SMILES string of the molecule is CCNC(=O)c1ccc(N2CCSCC2)c(N)c1. The second kappa shape index (κ2) is 6.00. The molecule has 1 heterocycles. The minimum atomic E-state index is -0.0649. The molecule has 18 heavy (non-hydrogen) atoms. The lowest BCUT2D eigenvalue weighted by atomic mass is 10.1. The van der Waals surface area contributed by atoms with Gasteiger partial charge in [-0.25, -0.2) is 0 Å². The quantitative estimate of drug-likeness (QED) is 0.815. The van der Waals surface area contributed by atoms with Crippen molar-refractivity contribution in [1.29, 1.82) is 0 Å². The normalized spacial score (nSPS) is 15.5. The van der Waals surface area contributed by atoms with Crippen LogP contribution in [-0.2, 0) is 0 Å². The number of nitrogens with two attached hydrogens (primary N) is 1. The van der Waals surface area contributed by atoms with Crippen LogP contribution in [0.15, 0.2) is 18.2 Å². The third kappa shape index (κ3) is 2.90. The number of carbonyl (C=O) groups excluding carboxylic acids is 1. The molecule has 3 N–H and O–H groups in total. The van der Waals surface area contributed by atoms with E-state index in [1.165, 1.54) is 0 Å². The highest BCUT2D eigenvalue weighted by atomic mass is 32.2. The van der Waals surface area contributed by atoms with Crippen LogP contribution in [0.4, 0.5) is 11.4 Å². The van der Waals surface area contributed by atoms with Crippen molar-refractivity contribution in [3.8, 4) is 0 Å². The summed E-state index contributed by atoms with van der Waals surface area (Å²) in [5.74, 6) is 2.21. The van der Waals surface area contributed by atoms with Crippen molar-refractivity contribution >= 4 is 29.0 Å². The van der Waals surface area contributed by atoms with Crippen molar-refractivity contribution in [2.45, 2.75) is 6.92 Å². The zero-order valence-electron chi connectivity index (χ0n) is 10.6. The Bertz CT molecular complexity index is 430. The Hall–Kier alpha value is -1.36. The Morgan fingerprint density at radius 1 is 1.44 bits per heavy atom. The Kier molecular flexibility index (Phi) is 4.36. The molecule has 0 aromatic heterocycles. The first-order valence-electron chi connectivity index (χ1n) is 6.22. The van der Waals surface area contributed by atoms with E-state index in [-0.39, 0.29) is 5.91 Å². The van der Waals surface area contributed by atoms with Crippen molar-refractivity contribution in [2.75, 3.05) is 41.8 Å². The van der Waals surface area contributed by atoms with Gasteiger partial charge in [0.05, 0.1) is 11.4 Å². The van der Waals surface area contributed by atoms with Crippen LogP contribution in [-0.4, -0.2) is 37.0 Å². The van der Waals surface area contributed by atoms with Gasteiger partial charge in [-0.05, 0) is 25.1 Å². The monoisotopic (exact) mass is 265 g/mol. The van der Waals surface area contributed by atoms with Crippen LogP contribution in [0.25, 0.3) is 0 Å². The molecule has 0 bridgehead atoms. The molecule has 1 aliphatic heterocycles. The molecule has 1 aromatic rings. The molecule has 2 rings (SSSR count). The van der Waals surface area contributed by atoms with E-state index >= 15 is 0 Å². The summed E-state index contributed by atoms with van der Waals surface area (Å²) in [6, 6.07) is 5.57. The zero-order valence-corrected chi connectivity index (χ0v) is 11.4. The van der Waals surface area contributed by atoms with Gasteiger partial charge in [-0.3, -0.25) is 4.79 Å². The Labute approximate surface area is 112 Å². The number of rotatable bonds is 3. The predicted octanol–water partition coefficient (Wildman–Crippen LogP) is 1.57. The van der Waals surface area contributed by atoms with Crippen molar-refractivity contribution < 1.29 is 4.79 Å². The first kappa shape index (κ1) is 13.1. The van der Waals surface area contributed by atoms with Gasteiger partial charge in [-0.2, -0.15) is 11.8 Å². The number of nitrogen functional groups attached to an aromatic ring is 1. The molecule has 98 valence electrons. The Balaban J connectivity index is 2.16. The summed E-state index contributed by atoms with van der Waals surface area (Å²) in [5, 5.41) is 2.78. The largest absolute Gasteiger partial charge is 0.397 e. The van der Waals surface area contributed by atoms with E-state index in [0.717, 1.165) is 30.3 Å². The number of benzene rings is 1. The fraction of sp³-hybridized carbons (Fsp3) is 0.462. The molecular weight excluding hydrogens is 246 g/mol. The van der Waals surface area contributed by atoms with Crippen LogP contribution in [0.1, 0.15) is 17.3 Å². The highest BCUT2D eigenvalue weighted by Gasteiger charge is 2.15. The molecule has 1 fully saturated rings. The maximum Gasteiger partial charge on any atom is 0.251 e. The summed E-state index contributed by atoms with van der Waals surface area (Å²) in [4.78, 5) is 14.0. The van der Waals surface area contributed by atoms with Crippen LogP contribution in [0.5, 0.6) is 0 Å². The van der Waals surface area contributed by atoms with Crippen LogP contribution < -0.4 is 16.0 Å². The lowest BCUT2D eigenvalue weighted by molar-refractivity contribution is 0.0956. The van der Waals surface area contributed by atoms with E-state index < -0.39 is 0 Å². The van der Waals surface area contributed by atoms with Gasteiger partial charge in [0.15, 0.2) is 0 Å². The van der Waals surface area contributed by atoms with Gasteiger partial charge < -0.3 is 16.0 Å². The zero-order chi connectivity index (χ0) is 13.0. The van der Waals surface area contributed by atoms with Crippen LogP contribution >= 0.6 is 11.8 Å². The number of thioether (sulfide) groups is 1. The molecule has 5 heteroatoms. The van der Waals surface area contributed by atoms with E-state index in [0.29, 0.717) is 17.8 Å². The van der Waals surface area contributed by atoms with Crippen molar-refractivity contribution in [2.24, 2.45) is 0 Å². The molecule has 1 aliphatic rings. The molecule has 0 saturated carbocycles. The molecule has 4 nitrogen and oxygen atoms in total. The first-order chi connectivity index (χ1) is 8.72. The fourth-order valence-electron chi connectivity index (χ4n) is 2.05. The topological polar surface area (TPSA) is 58.4 Å². The first-order valence-corrected chi connectivity index (χ1v) is 7.38. The van der Waals surface area contributed by atoms with Crippen LogP contribution in [0.3, 0.4) is 0 Å².